The van der Waals surface area contributed by atoms with E-state index in [1.807, 2.05) is 0 Å². The molecule has 0 aromatic carbocycles. The number of carbonyl (C=O) groups is 2. The maximum absolute atomic E-state index is 13.2. The van der Waals surface area contributed by atoms with Gasteiger partial charge in [0.05, 0.1) is 0 Å². The highest BCUT2D eigenvalue weighted by Crippen LogP contribution is 2.32. The van der Waals surface area contributed by atoms with Gasteiger partial charge in [-0.3, -0.25) is 4.79 Å². The van der Waals surface area contributed by atoms with Crippen molar-refractivity contribution in [1.29, 1.82) is 0 Å². The molecule has 78 valence electrons. The van der Waals surface area contributed by atoms with E-state index in [0.29, 0.717) is 0 Å². The fraction of sp³-hybridized carbons (Fsp3) is 0.500. The summed E-state index contributed by atoms with van der Waals surface area (Å²) in [4.78, 5) is 22.2. The summed E-state index contributed by atoms with van der Waals surface area (Å²) >= 11 is 0. The largest absolute Gasteiger partial charge is 0.480 e. The third-order valence-electron chi connectivity index (χ3n) is 2.27. The van der Waals surface area contributed by atoms with E-state index in [2.05, 4.69) is 0 Å². The van der Waals surface area contributed by atoms with Gasteiger partial charge in [0.25, 0.3) is 0 Å². The van der Waals surface area contributed by atoms with E-state index in [1.165, 1.54) is 0 Å². The zero-order valence-corrected chi connectivity index (χ0v) is 7.53. The number of rotatable bonds is 1. The van der Waals surface area contributed by atoms with Crippen molar-refractivity contribution in [1.82, 2.24) is 4.90 Å². The van der Waals surface area contributed by atoms with Gasteiger partial charge in [-0.2, -0.15) is 0 Å². The maximum atomic E-state index is 13.2. The summed E-state index contributed by atoms with van der Waals surface area (Å²) in [6, 6.07) is 0. The van der Waals surface area contributed by atoms with Crippen molar-refractivity contribution in [3.05, 3.63) is 11.9 Å². The Kier molecular flexibility index (Phi) is 2.46. The fourth-order valence-electron chi connectivity index (χ4n) is 1.25. The van der Waals surface area contributed by atoms with Crippen LogP contribution in [0.4, 0.5) is 9.18 Å². The van der Waals surface area contributed by atoms with Gasteiger partial charge in [-0.25, -0.2) is 9.18 Å². The SMILES string of the molecule is C[C@@]1(C(=O)O)CN(C(=O)O)CC=C1F. The van der Waals surface area contributed by atoms with E-state index in [1.54, 1.807) is 0 Å². The van der Waals surface area contributed by atoms with Gasteiger partial charge in [0, 0.05) is 13.1 Å². The van der Waals surface area contributed by atoms with E-state index in [4.69, 9.17) is 10.2 Å². The van der Waals surface area contributed by atoms with Gasteiger partial charge in [-0.05, 0) is 13.0 Å². The quantitative estimate of drug-likeness (QED) is 0.664. The standard InChI is InChI=1S/C8H10FNO4/c1-8(6(11)12)4-10(7(13)14)3-2-5(8)9/h2H,3-4H2,1H3,(H,11,12)(H,13,14)/t8-/m1/s1. The first-order valence-electron chi connectivity index (χ1n) is 3.95. The van der Waals surface area contributed by atoms with Gasteiger partial charge in [0.2, 0.25) is 0 Å². The van der Waals surface area contributed by atoms with Crippen LogP contribution in [0.3, 0.4) is 0 Å². The van der Waals surface area contributed by atoms with Gasteiger partial charge >= 0.3 is 12.1 Å². The number of nitrogens with zero attached hydrogens (tertiary/aromatic N) is 1. The van der Waals surface area contributed by atoms with Crippen LogP contribution in [0.2, 0.25) is 0 Å². The normalized spacial score (nSPS) is 27.0. The molecule has 0 radical (unpaired) electrons. The van der Waals surface area contributed by atoms with Crippen LogP contribution in [0.25, 0.3) is 0 Å². The Hall–Kier alpha value is -1.59. The van der Waals surface area contributed by atoms with Crippen molar-refractivity contribution in [3.63, 3.8) is 0 Å². The van der Waals surface area contributed by atoms with E-state index < -0.39 is 23.3 Å². The predicted octanol–water partition coefficient (Wildman–Crippen LogP) is 0.924. The summed E-state index contributed by atoms with van der Waals surface area (Å²) in [6.45, 7) is 0.695. The van der Waals surface area contributed by atoms with Crippen LogP contribution in [0.1, 0.15) is 6.92 Å². The van der Waals surface area contributed by atoms with Crippen LogP contribution >= 0.6 is 0 Å². The minimum atomic E-state index is -1.75. The third kappa shape index (κ3) is 1.55. The number of hydrogen-bond acceptors (Lipinski definition) is 2. The number of carboxylic acid groups (broad SMARTS) is 2. The zero-order valence-electron chi connectivity index (χ0n) is 7.53. The number of aliphatic carboxylic acids is 1. The van der Waals surface area contributed by atoms with Crippen LogP contribution in [0.15, 0.2) is 11.9 Å². The molecular weight excluding hydrogens is 193 g/mol. The Morgan fingerprint density at radius 3 is 2.57 bits per heavy atom. The number of amides is 1. The Balaban J connectivity index is 2.98. The van der Waals surface area contributed by atoms with Crippen molar-refractivity contribution in [2.45, 2.75) is 6.92 Å². The van der Waals surface area contributed by atoms with Crippen LogP contribution in [-0.2, 0) is 4.79 Å². The summed E-state index contributed by atoms with van der Waals surface area (Å²) < 4.78 is 13.2. The molecule has 0 aromatic heterocycles. The average molecular weight is 203 g/mol. The van der Waals surface area contributed by atoms with Crippen molar-refractivity contribution < 1.29 is 24.2 Å². The molecule has 0 unspecified atom stereocenters. The van der Waals surface area contributed by atoms with Gasteiger partial charge < -0.3 is 15.1 Å². The van der Waals surface area contributed by atoms with Crippen LogP contribution in [0, 0.1) is 5.41 Å². The topological polar surface area (TPSA) is 77.8 Å². The highest BCUT2D eigenvalue weighted by molar-refractivity contribution is 5.79. The molecule has 1 atom stereocenters. The molecule has 2 N–H and O–H groups in total. The summed E-state index contributed by atoms with van der Waals surface area (Å²) in [6.07, 6.45) is -0.271. The highest BCUT2D eigenvalue weighted by atomic mass is 19.1. The molecular formula is C8H10FNO4. The summed E-state index contributed by atoms with van der Waals surface area (Å²) in [5.41, 5.74) is -1.75. The molecule has 0 saturated carbocycles. The second-order valence-corrected chi connectivity index (χ2v) is 3.35. The van der Waals surface area contributed by atoms with Crippen molar-refractivity contribution in [3.8, 4) is 0 Å². The van der Waals surface area contributed by atoms with Crippen molar-refractivity contribution in [2.24, 2.45) is 5.41 Å². The predicted molar refractivity (Wildman–Crippen MR) is 44.5 cm³/mol. The van der Waals surface area contributed by atoms with Crippen LogP contribution in [-0.4, -0.2) is 40.3 Å². The molecule has 1 aliphatic heterocycles. The zero-order chi connectivity index (χ0) is 10.9. The lowest BCUT2D eigenvalue weighted by Crippen LogP contribution is -2.47. The molecule has 0 saturated heterocycles. The molecule has 0 bridgehead atoms. The number of hydrogen-bond donors (Lipinski definition) is 2. The molecule has 14 heavy (non-hydrogen) atoms. The Morgan fingerprint density at radius 1 is 1.57 bits per heavy atom. The minimum absolute atomic E-state index is 0.107. The van der Waals surface area contributed by atoms with Crippen LogP contribution < -0.4 is 0 Å². The molecule has 1 aliphatic rings. The second-order valence-electron chi connectivity index (χ2n) is 3.35. The third-order valence-corrected chi connectivity index (χ3v) is 2.27. The molecule has 1 heterocycles. The smallest absolute Gasteiger partial charge is 0.407 e. The lowest BCUT2D eigenvalue weighted by molar-refractivity contribution is -0.147. The van der Waals surface area contributed by atoms with Gasteiger partial charge in [0.15, 0.2) is 0 Å². The fourth-order valence-corrected chi connectivity index (χ4v) is 1.25. The van der Waals surface area contributed by atoms with Crippen molar-refractivity contribution in [2.75, 3.05) is 13.1 Å². The molecule has 1 rings (SSSR count). The molecule has 0 aromatic rings. The number of carboxylic acids is 1. The first-order chi connectivity index (χ1) is 6.38. The molecule has 6 heteroatoms. The van der Waals surface area contributed by atoms with E-state index in [9.17, 15) is 14.0 Å². The van der Waals surface area contributed by atoms with E-state index >= 15 is 0 Å². The first-order valence-corrected chi connectivity index (χ1v) is 3.95. The van der Waals surface area contributed by atoms with Crippen LogP contribution in [0.5, 0.6) is 0 Å². The van der Waals surface area contributed by atoms with Gasteiger partial charge in [-0.1, -0.05) is 0 Å². The van der Waals surface area contributed by atoms with Crippen molar-refractivity contribution >= 4 is 12.1 Å². The Morgan fingerprint density at radius 2 is 2.14 bits per heavy atom. The lowest BCUT2D eigenvalue weighted by atomic mass is 9.86. The highest BCUT2D eigenvalue weighted by Gasteiger charge is 2.43. The van der Waals surface area contributed by atoms with E-state index in [0.717, 1.165) is 17.9 Å². The molecule has 0 spiro atoms. The average Bonchev–Trinajstić information content (AvgIpc) is 2.09. The summed E-state index contributed by atoms with van der Waals surface area (Å²) in [7, 11) is 0. The Labute approximate surface area is 79.4 Å². The first kappa shape index (κ1) is 10.5. The number of halogens is 1. The van der Waals surface area contributed by atoms with Gasteiger partial charge in [-0.15, -0.1) is 0 Å². The summed E-state index contributed by atoms with van der Waals surface area (Å²) in [5, 5.41) is 17.4. The molecule has 0 fully saturated rings. The van der Waals surface area contributed by atoms with Gasteiger partial charge in [0.1, 0.15) is 11.2 Å². The molecule has 0 aliphatic carbocycles. The monoisotopic (exact) mass is 203 g/mol. The minimum Gasteiger partial charge on any atom is -0.480 e. The summed E-state index contributed by atoms with van der Waals surface area (Å²) in [5.74, 6) is -2.15. The maximum Gasteiger partial charge on any atom is 0.407 e. The second kappa shape index (κ2) is 3.28. The lowest BCUT2D eigenvalue weighted by Gasteiger charge is -2.32. The Bertz CT molecular complexity index is 314. The van der Waals surface area contributed by atoms with E-state index in [-0.39, 0.29) is 13.1 Å². The molecule has 5 nitrogen and oxygen atoms in total. The molecule has 1 amide bonds.